The van der Waals surface area contributed by atoms with Crippen molar-refractivity contribution in [3.8, 4) is 21.0 Å². The number of carbonyl (C=O) groups excluding carboxylic acids is 2. The molecule has 0 unspecified atom stereocenters. The van der Waals surface area contributed by atoms with Crippen LogP contribution >= 0.6 is 22.7 Å². The van der Waals surface area contributed by atoms with Gasteiger partial charge in [0.1, 0.15) is 28.0 Å². The van der Waals surface area contributed by atoms with E-state index in [1.807, 2.05) is 18.5 Å². The fourth-order valence-electron chi connectivity index (χ4n) is 5.06. The zero-order valence-corrected chi connectivity index (χ0v) is 23.2. The number of hydrogen-bond donors (Lipinski definition) is 1. The zero-order valence-electron chi connectivity index (χ0n) is 21.6. The smallest absolute Gasteiger partial charge is 0.274 e. The average molecular weight is 578 g/mol. The molecule has 0 radical (unpaired) electrons. The van der Waals surface area contributed by atoms with Crippen molar-refractivity contribution < 1.29 is 18.4 Å². The van der Waals surface area contributed by atoms with E-state index in [1.165, 1.54) is 46.9 Å². The summed E-state index contributed by atoms with van der Waals surface area (Å²) in [4.78, 5) is 39.5. The summed E-state index contributed by atoms with van der Waals surface area (Å²) in [5.41, 5.74) is 2.77. The van der Waals surface area contributed by atoms with Gasteiger partial charge in [-0.15, -0.1) is 22.7 Å². The monoisotopic (exact) mass is 577 g/mol. The van der Waals surface area contributed by atoms with Gasteiger partial charge in [-0.05, 0) is 68.1 Å². The Morgan fingerprint density at radius 3 is 2.42 bits per heavy atom. The number of nitrogens with zero attached hydrogens (tertiary/aromatic N) is 4. The first-order chi connectivity index (χ1) is 19.4. The number of fused-ring (bicyclic) bond motifs is 1. The summed E-state index contributed by atoms with van der Waals surface area (Å²) in [6.45, 7) is 2.64. The average Bonchev–Trinajstić information content (AvgIpc) is 3.67. The SMILES string of the molecule is Cc1nc2sccn2c1C(=O)NC[C@@H]1CCCCN1C(=O)c1nc(-c2ccc(F)cc2)sc1-c1ccc(F)cc1. The summed E-state index contributed by atoms with van der Waals surface area (Å²) in [7, 11) is 0. The molecule has 0 saturated carbocycles. The number of nitrogens with one attached hydrogen (secondary N) is 1. The van der Waals surface area contributed by atoms with E-state index < -0.39 is 0 Å². The molecule has 4 heterocycles. The van der Waals surface area contributed by atoms with Gasteiger partial charge < -0.3 is 10.2 Å². The Hall–Kier alpha value is -3.96. The highest BCUT2D eigenvalue weighted by atomic mass is 32.1. The Labute approximate surface area is 237 Å². The molecule has 5 aromatic rings. The number of thiazole rings is 2. The molecule has 1 aliphatic heterocycles. The Balaban J connectivity index is 1.29. The topological polar surface area (TPSA) is 79.6 Å². The van der Waals surface area contributed by atoms with Crippen molar-refractivity contribution >= 4 is 39.4 Å². The molecule has 1 fully saturated rings. The van der Waals surface area contributed by atoms with Crippen molar-refractivity contribution in [1.82, 2.24) is 24.6 Å². The number of piperidine rings is 1. The summed E-state index contributed by atoms with van der Waals surface area (Å²) in [5, 5.41) is 5.47. The highest BCUT2D eigenvalue weighted by Gasteiger charge is 2.32. The van der Waals surface area contributed by atoms with Crippen molar-refractivity contribution in [2.75, 3.05) is 13.1 Å². The van der Waals surface area contributed by atoms with Crippen LogP contribution in [0.25, 0.3) is 26.0 Å². The van der Waals surface area contributed by atoms with E-state index in [9.17, 15) is 18.4 Å². The molecule has 1 aliphatic rings. The normalized spacial score (nSPS) is 15.5. The Kier molecular flexibility index (Phi) is 7.16. The number of aryl methyl sites for hydroxylation is 1. The van der Waals surface area contributed by atoms with E-state index in [4.69, 9.17) is 4.98 Å². The summed E-state index contributed by atoms with van der Waals surface area (Å²) in [5.74, 6) is -1.22. The first kappa shape index (κ1) is 26.3. The molecule has 1 N–H and O–H groups in total. The lowest BCUT2D eigenvalue weighted by Gasteiger charge is -2.35. The molecule has 6 rings (SSSR count). The van der Waals surface area contributed by atoms with Gasteiger partial charge in [0.05, 0.1) is 10.6 Å². The number of carbonyl (C=O) groups is 2. The van der Waals surface area contributed by atoms with Crippen molar-refractivity contribution in [3.63, 3.8) is 0 Å². The molecular formula is C29H25F2N5O2S2. The molecule has 40 heavy (non-hydrogen) atoms. The van der Waals surface area contributed by atoms with E-state index in [0.717, 1.165) is 24.2 Å². The summed E-state index contributed by atoms with van der Waals surface area (Å²) in [6.07, 6.45) is 4.34. The standard InChI is InChI=1S/C29H25F2N5O2S2/c1-17-24(36-14-15-39-29(36)33-17)26(37)32-16-22-4-2-3-13-35(22)28(38)23-25(18-5-9-20(30)10-6-18)40-27(34-23)19-7-11-21(31)12-8-19/h5-12,14-15,22H,2-4,13,16H2,1H3,(H,32,37)/t22-/m0/s1. The molecule has 204 valence electrons. The van der Waals surface area contributed by atoms with Gasteiger partial charge in [-0.1, -0.05) is 12.1 Å². The van der Waals surface area contributed by atoms with E-state index in [0.29, 0.717) is 45.5 Å². The van der Waals surface area contributed by atoms with Crippen LogP contribution in [0.2, 0.25) is 0 Å². The predicted molar refractivity (Wildman–Crippen MR) is 152 cm³/mol. The van der Waals surface area contributed by atoms with Crippen LogP contribution in [0.1, 0.15) is 45.9 Å². The van der Waals surface area contributed by atoms with Crippen LogP contribution in [-0.2, 0) is 0 Å². The van der Waals surface area contributed by atoms with Crippen LogP contribution in [0, 0.1) is 18.6 Å². The Bertz CT molecular complexity index is 1690. The number of likely N-dealkylation sites (tertiary alicyclic amines) is 1. The van der Waals surface area contributed by atoms with E-state index in [1.54, 1.807) is 33.6 Å². The molecule has 0 aliphatic carbocycles. The van der Waals surface area contributed by atoms with Crippen LogP contribution < -0.4 is 5.32 Å². The molecule has 7 nitrogen and oxygen atoms in total. The van der Waals surface area contributed by atoms with Gasteiger partial charge in [0.25, 0.3) is 11.8 Å². The number of hydrogen-bond acceptors (Lipinski definition) is 6. The quantitative estimate of drug-likeness (QED) is 0.261. The lowest BCUT2D eigenvalue weighted by molar-refractivity contribution is 0.0598. The fraction of sp³-hybridized carbons (Fsp3) is 0.241. The maximum Gasteiger partial charge on any atom is 0.274 e. The minimum absolute atomic E-state index is 0.214. The van der Waals surface area contributed by atoms with Gasteiger partial charge in [0.2, 0.25) is 0 Å². The molecule has 1 saturated heterocycles. The summed E-state index contributed by atoms with van der Waals surface area (Å²) < 4.78 is 29.0. The van der Waals surface area contributed by atoms with Crippen LogP contribution in [0.3, 0.4) is 0 Å². The highest BCUT2D eigenvalue weighted by Crippen LogP contribution is 2.37. The molecule has 11 heteroatoms. The van der Waals surface area contributed by atoms with Crippen molar-refractivity contribution in [3.05, 3.63) is 88.8 Å². The number of halogens is 2. The predicted octanol–water partition coefficient (Wildman–Crippen LogP) is 6.20. The largest absolute Gasteiger partial charge is 0.349 e. The van der Waals surface area contributed by atoms with E-state index >= 15 is 0 Å². The second kappa shape index (κ2) is 10.9. The van der Waals surface area contributed by atoms with Crippen molar-refractivity contribution in [1.29, 1.82) is 0 Å². The maximum atomic E-state index is 14.0. The van der Waals surface area contributed by atoms with E-state index in [-0.39, 0.29) is 35.2 Å². The van der Waals surface area contributed by atoms with Crippen LogP contribution in [0.15, 0.2) is 60.1 Å². The molecule has 2 amide bonds. The van der Waals surface area contributed by atoms with Crippen LogP contribution in [0.4, 0.5) is 8.78 Å². The Morgan fingerprint density at radius 2 is 1.70 bits per heavy atom. The van der Waals surface area contributed by atoms with Gasteiger partial charge in [0.15, 0.2) is 4.96 Å². The van der Waals surface area contributed by atoms with Crippen LogP contribution in [0.5, 0.6) is 0 Å². The fourth-order valence-corrected chi connectivity index (χ4v) is 6.88. The molecule has 2 aromatic carbocycles. The lowest BCUT2D eigenvalue weighted by atomic mass is 10.0. The van der Waals surface area contributed by atoms with Gasteiger partial charge in [-0.25, -0.2) is 18.7 Å². The lowest BCUT2D eigenvalue weighted by Crippen LogP contribution is -2.49. The maximum absolute atomic E-state index is 14.0. The van der Waals surface area contributed by atoms with Gasteiger partial charge in [0, 0.05) is 36.3 Å². The summed E-state index contributed by atoms with van der Waals surface area (Å²) in [6, 6.07) is 11.7. The van der Waals surface area contributed by atoms with Crippen molar-refractivity contribution in [2.24, 2.45) is 0 Å². The molecular weight excluding hydrogens is 552 g/mol. The van der Waals surface area contributed by atoms with Gasteiger partial charge in [-0.3, -0.25) is 14.0 Å². The molecule has 0 bridgehead atoms. The molecule has 0 spiro atoms. The van der Waals surface area contributed by atoms with Crippen molar-refractivity contribution in [2.45, 2.75) is 32.2 Å². The first-order valence-corrected chi connectivity index (χ1v) is 14.6. The summed E-state index contributed by atoms with van der Waals surface area (Å²) >= 11 is 2.77. The number of aromatic nitrogens is 3. The third-order valence-electron chi connectivity index (χ3n) is 7.07. The number of benzene rings is 2. The third-order valence-corrected chi connectivity index (χ3v) is 8.98. The third kappa shape index (κ3) is 5.02. The first-order valence-electron chi connectivity index (χ1n) is 12.9. The zero-order chi connectivity index (χ0) is 27.8. The van der Waals surface area contributed by atoms with Gasteiger partial charge >= 0.3 is 0 Å². The second-order valence-corrected chi connectivity index (χ2v) is 11.5. The molecule has 1 atom stereocenters. The number of amides is 2. The van der Waals surface area contributed by atoms with Gasteiger partial charge in [-0.2, -0.15) is 0 Å². The van der Waals surface area contributed by atoms with E-state index in [2.05, 4.69) is 10.3 Å². The highest BCUT2D eigenvalue weighted by molar-refractivity contribution is 7.18. The minimum atomic E-state index is -0.375. The number of rotatable bonds is 6. The Morgan fingerprint density at radius 1 is 1.00 bits per heavy atom. The molecule has 3 aromatic heterocycles. The minimum Gasteiger partial charge on any atom is -0.349 e. The van der Waals surface area contributed by atoms with Crippen LogP contribution in [-0.4, -0.2) is 50.2 Å². The second-order valence-electron chi connectivity index (χ2n) is 9.67. The number of imidazole rings is 1.